The van der Waals surface area contributed by atoms with Crippen LogP contribution in [0.2, 0.25) is 0 Å². The molecule has 0 radical (unpaired) electrons. The normalized spacial score (nSPS) is 19.3. The Bertz CT molecular complexity index is 529. The second-order valence-electron chi connectivity index (χ2n) is 4.98. The first-order valence-corrected chi connectivity index (χ1v) is 6.47. The highest BCUT2D eigenvalue weighted by Gasteiger charge is 2.23. The molecule has 3 rings (SSSR count). The van der Waals surface area contributed by atoms with E-state index < -0.39 is 0 Å². The van der Waals surface area contributed by atoms with E-state index in [9.17, 15) is 5.11 Å². The number of piperidine rings is 1. The van der Waals surface area contributed by atoms with Crippen molar-refractivity contribution in [1.82, 2.24) is 14.6 Å². The van der Waals surface area contributed by atoms with Crippen LogP contribution in [0.5, 0.6) is 0 Å². The van der Waals surface area contributed by atoms with Gasteiger partial charge in [0.2, 0.25) is 0 Å². The van der Waals surface area contributed by atoms with Crippen LogP contribution in [0.15, 0.2) is 24.5 Å². The Hall–Kier alpha value is -1.62. The fraction of sp³-hybridized carbons (Fsp3) is 0.538. The number of hydrogen-bond acceptors (Lipinski definition) is 4. The van der Waals surface area contributed by atoms with E-state index in [1.54, 1.807) is 10.7 Å². The number of aliphatic hydroxyl groups excluding tert-OH is 1. The van der Waals surface area contributed by atoms with Gasteiger partial charge in [-0.2, -0.15) is 5.10 Å². The van der Waals surface area contributed by atoms with Gasteiger partial charge in [-0.15, -0.1) is 0 Å². The van der Waals surface area contributed by atoms with E-state index >= 15 is 0 Å². The zero-order valence-electron chi connectivity index (χ0n) is 10.5. The fourth-order valence-electron chi connectivity index (χ4n) is 2.59. The van der Waals surface area contributed by atoms with E-state index in [4.69, 9.17) is 0 Å². The third-order valence-electron chi connectivity index (χ3n) is 3.79. The molecule has 1 atom stereocenters. The van der Waals surface area contributed by atoms with Crippen molar-refractivity contribution in [3.8, 4) is 0 Å². The van der Waals surface area contributed by atoms with Gasteiger partial charge < -0.3 is 10.0 Å². The summed E-state index contributed by atoms with van der Waals surface area (Å²) in [5.74, 6) is 1.44. The predicted octanol–water partition coefficient (Wildman–Crippen LogP) is 1.33. The summed E-state index contributed by atoms with van der Waals surface area (Å²) >= 11 is 0. The van der Waals surface area contributed by atoms with Crippen LogP contribution in [0.25, 0.3) is 5.65 Å². The molecule has 1 aliphatic heterocycles. The lowest BCUT2D eigenvalue weighted by Crippen LogP contribution is -2.37. The molecule has 3 heterocycles. The summed E-state index contributed by atoms with van der Waals surface area (Å²) in [5, 5.41) is 13.7. The van der Waals surface area contributed by atoms with Gasteiger partial charge in [0.25, 0.3) is 0 Å². The van der Waals surface area contributed by atoms with Crippen molar-refractivity contribution in [3.63, 3.8) is 0 Å². The molecule has 96 valence electrons. The number of anilines is 1. The molecule has 0 bridgehead atoms. The van der Waals surface area contributed by atoms with Gasteiger partial charge in [0, 0.05) is 25.4 Å². The molecule has 5 heteroatoms. The Morgan fingerprint density at radius 1 is 1.33 bits per heavy atom. The first-order chi connectivity index (χ1) is 8.74. The zero-order valence-corrected chi connectivity index (χ0v) is 10.5. The molecule has 1 fully saturated rings. The van der Waals surface area contributed by atoms with Crippen LogP contribution in [0, 0.1) is 5.92 Å². The molecule has 0 saturated carbocycles. The molecule has 18 heavy (non-hydrogen) atoms. The van der Waals surface area contributed by atoms with Gasteiger partial charge in [-0.25, -0.2) is 9.50 Å². The van der Waals surface area contributed by atoms with Crippen molar-refractivity contribution in [2.24, 2.45) is 5.92 Å². The van der Waals surface area contributed by atoms with Crippen LogP contribution in [0.4, 0.5) is 5.82 Å². The van der Waals surface area contributed by atoms with Gasteiger partial charge in [0.1, 0.15) is 5.82 Å². The molecular formula is C13H18N4O. The number of hydrogen-bond donors (Lipinski definition) is 1. The Morgan fingerprint density at radius 3 is 2.83 bits per heavy atom. The minimum atomic E-state index is -0.197. The van der Waals surface area contributed by atoms with Gasteiger partial charge in [-0.3, -0.25) is 0 Å². The van der Waals surface area contributed by atoms with Gasteiger partial charge in [-0.1, -0.05) is 0 Å². The van der Waals surface area contributed by atoms with Crippen molar-refractivity contribution in [1.29, 1.82) is 0 Å². The van der Waals surface area contributed by atoms with Gasteiger partial charge in [0.15, 0.2) is 5.65 Å². The third kappa shape index (κ3) is 2.06. The maximum absolute atomic E-state index is 9.60. The van der Waals surface area contributed by atoms with Crippen molar-refractivity contribution in [3.05, 3.63) is 24.5 Å². The van der Waals surface area contributed by atoms with Crippen LogP contribution in [0.3, 0.4) is 0 Å². The minimum absolute atomic E-state index is 0.197. The van der Waals surface area contributed by atoms with Crippen LogP contribution < -0.4 is 4.90 Å². The summed E-state index contributed by atoms with van der Waals surface area (Å²) in [7, 11) is 0. The number of aliphatic hydroxyl groups is 1. The monoisotopic (exact) mass is 246 g/mol. The summed E-state index contributed by atoms with van der Waals surface area (Å²) in [4.78, 5) is 6.88. The third-order valence-corrected chi connectivity index (χ3v) is 3.79. The predicted molar refractivity (Wildman–Crippen MR) is 69.6 cm³/mol. The molecule has 2 aromatic heterocycles. The Morgan fingerprint density at radius 2 is 2.11 bits per heavy atom. The Balaban J connectivity index is 1.75. The van der Waals surface area contributed by atoms with Crippen LogP contribution >= 0.6 is 0 Å². The number of fused-ring (bicyclic) bond motifs is 1. The second-order valence-corrected chi connectivity index (χ2v) is 4.98. The average Bonchev–Trinajstić information content (AvgIpc) is 2.86. The molecule has 1 N–H and O–H groups in total. The maximum Gasteiger partial charge on any atom is 0.157 e. The summed E-state index contributed by atoms with van der Waals surface area (Å²) in [6.45, 7) is 3.82. The van der Waals surface area contributed by atoms with Crippen molar-refractivity contribution in [2.45, 2.75) is 25.9 Å². The highest BCUT2D eigenvalue weighted by Crippen LogP contribution is 2.24. The minimum Gasteiger partial charge on any atom is -0.393 e. The molecule has 1 saturated heterocycles. The van der Waals surface area contributed by atoms with E-state index in [0.29, 0.717) is 5.92 Å². The van der Waals surface area contributed by atoms with Gasteiger partial charge in [0.05, 0.1) is 12.3 Å². The lowest BCUT2D eigenvalue weighted by molar-refractivity contribution is 0.110. The van der Waals surface area contributed by atoms with Gasteiger partial charge in [-0.05, 0) is 31.7 Å². The Labute approximate surface area is 106 Å². The molecule has 0 amide bonds. The zero-order chi connectivity index (χ0) is 12.5. The molecule has 1 aliphatic rings. The summed E-state index contributed by atoms with van der Waals surface area (Å²) in [6.07, 6.45) is 5.56. The number of aromatic nitrogens is 3. The van der Waals surface area contributed by atoms with E-state index in [1.807, 2.05) is 25.3 Å². The molecule has 5 nitrogen and oxygen atoms in total. The number of nitrogens with zero attached hydrogens (tertiary/aromatic N) is 4. The Kier molecular flexibility index (Phi) is 2.91. The summed E-state index contributed by atoms with van der Waals surface area (Å²) in [6, 6.07) is 3.91. The molecule has 0 spiro atoms. The lowest BCUT2D eigenvalue weighted by Gasteiger charge is -2.33. The molecule has 2 aromatic rings. The molecule has 0 aromatic carbocycles. The second kappa shape index (κ2) is 4.57. The highest BCUT2D eigenvalue weighted by molar-refractivity contribution is 5.47. The fourth-order valence-corrected chi connectivity index (χ4v) is 2.59. The maximum atomic E-state index is 9.60. The summed E-state index contributed by atoms with van der Waals surface area (Å²) < 4.78 is 1.77. The topological polar surface area (TPSA) is 53.7 Å². The quantitative estimate of drug-likeness (QED) is 0.868. The van der Waals surface area contributed by atoms with E-state index in [0.717, 1.165) is 37.4 Å². The SMILES string of the molecule is CC(O)C1CCN(c2ccn3nccc3n2)CC1. The standard InChI is InChI=1S/C13H18N4O/c1-10(18)11-3-7-16(8-4-11)12-5-9-17-13(15-12)2-6-14-17/h2,5-6,9-11,18H,3-4,7-8H2,1H3. The van der Waals surface area contributed by atoms with E-state index in [1.165, 1.54) is 0 Å². The van der Waals surface area contributed by atoms with Crippen molar-refractivity contribution < 1.29 is 5.11 Å². The largest absolute Gasteiger partial charge is 0.393 e. The first kappa shape index (κ1) is 11.5. The summed E-state index contributed by atoms with van der Waals surface area (Å²) in [5.41, 5.74) is 0.880. The number of rotatable bonds is 2. The smallest absolute Gasteiger partial charge is 0.157 e. The average molecular weight is 246 g/mol. The molecular weight excluding hydrogens is 228 g/mol. The lowest BCUT2D eigenvalue weighted by atomic mass is 9.92. The van der Waals surface area contributed by atoms with Crippen molar-refractivity contribution in [2.75, 3.05) is 18.0 Å². The van der Waals surface area contributed by atoms with E-state index in [2.05, 4.69) is 15.0 Å². The highest BCUT2D eigenvalue weighted by atomic mass is 16.3. The molecule has 1 unspecified atom stereocenters. The van der Waals surface area contributed by atoms with Gasteiger partial charge >= 0.3 is 0 Å². The first-order valence-electron chi connectivity index (χ1n) is 6.47. The van der Waals surface area contributed by atoms with E-state index in [-0.39, 0.29) is 6.10 Å². The molecule has 0 aliphatic carbocycles. The van der Waals surface area contributed by atoms with Crippen molar-refractivity contribution >= 4 is 11.5 Å². The van der Waals surface area contributed by atoms with Crippen LogP contribution in [-0.2, 0) is 0 Å². The van der Waals surface area contributed by atoms with Crippen LogP contribution in [-0.4, -0.2) is 38.9 Å². The van der Waals surface area contributed by atoms with Crippen LogP contribution in [0.1, 0.15) is 19.8 Å².